The summed E-state index contributed by atoms with van der Waals surface area (Å²) in [6.07, 6.45) is 2.03. The lowest BCUT2D eigenvalue weighted by atomic mass is 10.1. The van der Waals surface area contributed by atoms with E-state index in [1.165, 1.54) is 0 Å². The molecule has 1 aliphatic rings. The second kappa shape index (κ2) is 3.75. The molecule has 4 heteroatoms. The molecule has 3 rings (SSSR count). The average molecular weight is 246 g/mol. The smallest absolute Gasteiger partial charge is 0.266 e. The predicted octanol–water partition coefficient (Wildman–Crippen LogP) is 2.06. The third-order valence-electron chi connectivity index (χ3n) is 2.95. The van der Waals surface area contributed by atoms with Gasteiger partial charge < -0.3 is 4.42 Å². The van der Waals surface area contributed by atoms with E-state index in [0.29, 0.717) is 21.6 Å². The molecule has 1 aliphatic heterocycles. The summed E-state index contributed by atoms with van der Waals surface area (Å²) in [5, 5.41) is 6.64. The fourth-order valence-electron chi connectivity index (χ4n) is 2.01. The average Bonchev–Trinajstić information content (AvgIpc) is 2.34. The Balaban J connectivity index is 2.48. The number of fused-ring (bicyclic) bond motifs is 2. The Bertz CT molecular complexity index is 687. The zero-order valence-corrected chi connectivity index (χ0v) is 10.2. The van der Waals surface area contributed by atoms with Crippen molar-refractivity contribution in [3.63, 3.8) is 0 Å². The number of allylic oxidation sites excluding steroid dienone is 1. The van der Waals surface area contributed by atoms with Crippen molar-refractivity contribution in [3.05, 3.63) is 46.3 Å². The van der Waals surface area contributed by atoms with E-state index in [9.17, 15) is 4.79 Å². The quantitative estimate of drug-likeness (QED) is 0.724. The van der Waals surface area contributed by atoms with Gasteiger partial charge in [-0.2, -0.15) is 0 Å². The molecule has 0 spiro atoms. The number of para-hydroxylation sites is 1. The summed E-state index contributed by atoms with van der Waals surface area (Å²) < 4.78 is 5.81. The van der Waals surface area contributed by atoms with Crippen LogP contribution in [0.15, 0.2) is 44.4 Å². The van der Waals surface area contributed by atoms with Crippen LogP contribution in [0.1, 0.15) is 12.7 Å². The first-order chi connectivity index (χ1) is 8.18. The van der Waals surface area contributed by atoms with E-state index in [1.54, 1.807) is 6.07 Å². The van der Waals surface area contributed by atoms with Crippen molar-refractivity contribution < 1.29 is 4.42 Å². The Hall–Kier alpha value is -1.52. The molecule has 0 aliphatic carbocycles. The van der Waals surface area contributed by atoms with Crippen LogP contribution in [-0.4, -0.2) is 5.75 Å². The minimum absolute atomic E-state index is 0.0140. The van der Waals surface area contributed by atoms with Crippen molar-refractivity contribution in [3.8, 4) is 0 Å². The zero-order valence-electron chi connectivity index (χ0n) is 9.40. The van der Waals surface area contributed by atoms with Gasteiger partial charge in [-0.3, -0.25) is 4.79 Å². The molecule has 17 heavy (non-hydrogen) atoms. The minimum atomic E-state index is -0.536. The molecule has 1 atom stereocenters. The van der Waals surface area contributed by atoms with E-state index >= 15 is 0 Å². The van der Waals surface area contributed by atoms with Gasteiger partial charge in [0.15, 0.2) is 11.5 Å². The van der Waals surface area contributed by atoms with Gasteiger partial charge in [-0.25, -0.2) is 0 Å². The van der Waals surface area contributed by atoms with Crippen LogP contribution < -0.4 is 10.6 Å². The molecule has 0 fully saturated rings. The van der Waals surface area contributed by atoms with E-state index in [2.05, 4.69) is 0 Å². The topological polar surface area (TPSA) is 56.2 Å². The molecule has 2 aromatic rings. The molecule has 2 heterocycles. The lowest BCUT2D eigenvalue weighted by Gasteiger charge is -2.11. The van der Waals surface area contributed by atoms with Gasteiger partial charge in [0.05, 0.1) is 5.39 Å². The van der Waals surface area contributed by atoms with Crippen LogP contribution in [-0.2, 0) is 11.1 Å². The van der Waals surface area contributed by atoms with Gasteiger partial charge in [-0.1, -0.05) is 12.1 Å². The first-order valence-corrected chi connectivity index (χ1v) is 6.82. The van der Waals surface area contributed by atoms with Crippen molar-refractivity contribution in [2.45, 2.75) is 11.8 Å². The molecular formula is C13H12NO2S+. The first kappa shape index (κ1) is 10.6. The Labute approximate surface area is 101 Å². The number of benzene rings is 1. The SMILES string of the molecule is CC1=CC[S+](N)c2c1oc1ccccc1c2=O. The number of hydrogen-bond donors (Lipinski definition) is 1. The van der Waals surface area contributed by atoms with E-state index in [1.807, 2.05) is 31.2 Å². The van der Waals surface area contributed by atoms with Crippen molar-refractivity contribution in [1.29, 1.82) is 0 Å². The minimum Gasteiger partial charge on any atom is -0.451 e. The van der Waals surface area contributed by atoms with Crippen LogP contribution in [0.2, 0.25) is 0 Å². The molecule has 1 aromatic heterocycles. The third-order valence-corrected chi connectivity index (χ3v) is 4.37. The lowest BCUT2D eigenvalue weighted by Crippen LogP contribution is -2.28. The van der Waals surface area contributed by atoms with Gasteiger partial charge in [0.25, 0.3) is 4.90 Å². The highest BCUT2D eigenvalue weighted by Gasteiger charge is 2.32. The second-order valence-corrected chi connectivity index (χ2v) is 5.67. The summed E-state index contributed by atoms with van der Waals surface area (Å²) in [5.74, 6) is 1.38. The Morgan fingerprint density at radius 1 is 1.35 bits per heavy atom. The normalized spacial score (nSPS) is 18.9. The third kappa shape index (κ3) is 1.52. The van der Waals surface area contributed by atoms with E-state index < -0.39 is 11.1 Å². The molecule has 0 radical (unpaired) electrons. The van der Waals surface area contributed by atoms with Crippen LogP contribution in [0.25, 0.3) is 16.5 Å². The molecule has 1 unspecified atom stereocenters. The molecule has 2 N–H and O–H groups in total. The second-order valence-electron chi connectivity index (χ2n) is 4.07. The maximum absolute atomic E-state index is 12.4. The predicted molar refractivity (Wildman–Crippen MR) is 70.8 cm³/mol. The number of hydrogen-bond acceptors (Lipinski definition) is 3. The lowest BCUT2D eigenvalue weighted by molar-refractivity contribution is 0.568. The fraction of sp³-hybridized carbons (Fsp3) is 0.154. The van der Waals surface area contributed by atoms with Crippen LogP contribution in [0.5, 0.6) is 0 Å². The maximum Gasteiger partial charge on any atom is 0.266 e. The Morgan fingerprint density at radius 3 is 2.94 bits per heavy atom. The van der Waals surface area contributed by atoms with Crippen LogP contribution >= 0.6 is 0 Å². The van der Waals surface area contributed by atoms with Gasteiger partial charge in [0.2, 0.25) is 5.43 Å². The molecule has 0 saturated carbocycles. The van der Waals surface area contributed by atoms with E-state index in [-0.39, 0.29) is 5.43 Å². The van der Waals surface area contributed by atoms with Gasteiger partial charge in [-0.15, -0.1) is 5.14 Å². The molecule has 0 amide bonds. The van der Waals surface area contributed by atoms with Crippen molar-refractivity contribution >= 4 is 27.6 Å². The highest BCUT2D eigenvalue weighted by atomic mass is 32.2. The maximum atomic E-state index is 12.4. The summed E-state index contributed by atoms with van der Waals surface area (Å²) in [5.41, 5.74) is 1.64. The summed E-state index contributed by atoms with van der Waals surface area (Å²) in [6.45, 7) is 1.95. The van der Waals surface area contributed by atoms with Crippen molar-refractivity contribution in [2.24, 2.45) is 5.14 Å². The zero-order chi connectivity index (χ0) is 12.0. The van der Waals surface area contributed by atoms with Gasteiger partial charge >= 0.3 is 0 Å². The summed E-state index contributed by atoms with van der Waals surface area (Å²) in [6, 6.07) is 7.30. The van der Waals surface area contributed by atoms with Gasteiger partial charge in [0.1, 0.15) is 16.7 Å². The Morgan fingerprint density at radius 2 is 2.12 bits per heavy atom. The molecule has 1 aromatic carbocycles. The van der Waals surface area contributed by atoms with Gasteiger partial charge in [-0.05, 0) is 30.7 Å². The standard InChI is InChI=1S/C13H12NO2S/c1-8-6-7-17(14)13-11(15)9-4-2-3-5-10(9)16-12(8)13/h2-6H,7,14H2,1H3/q+1. The fourth-order valence-corrected chi connectivity index (χ4v) is 3.40. The van der Waals surface area contributed by atoms with Crippen LogP contribution in [0.4, 0.5) is 0 Å². The Kier molecular flexibility index (Phi) is 2.34. The summed E-state index contributed by atoms with van der Waals surface area (Å²) >= 11 is -0.536. The largest absolute Gasteiger partial charge is 0.451 e. The number of nitrogens with two attached hydrogens (primary N) is 1. The molecular weight excluding hydrogens is 234 g/mol. The summed E-state index contributed by atoms with van der Waals surface area (Å²) in [7, 11) is 0. The monoisotopic (exact) mass is 246 g/mol. The van der Waals surface area contributed by atoms with E-state index in [0.717, 1.165) is 11.3 Å². The number of rotatable bonds is 0. The molecule has 0 saturated heterocycles. The highest BCUT2D eigenvalue weighted by Crippen LogP contribution is 2.28. The molecule has 0 bridgehead atoms. The molecule has 86 valence electrons. The van der Waals surface area contributed by atoms with Crippen molar-refractivity contribution in [1.82, 2.24) is 0 Å². The van der Waals surface area contributed by atoms with Gasteiger partial charge in [0, 0.05) is 0 Å². The highest BCUT2D eigenvalue weighted by molar-refractivity contribution is 7.95. The summed E-state index contributed by atoms with van der Waals surface area (Å²) in [4.78, 5) is 13.0. The van der Waals surface area contributed by atoms with E-state index in [4.69, 9.17) is 9.56 Å². The first-order valence-electron chi connectivity index (χ1n) is 5.37. The van der Waals surface area contributed by atoms with Crippen LogP contribution in [0.3, 0.4) is 0 Å². The molecule has 3 nitrogen and oxygen atoms in total. The van der Waals surface area contributed by atoms with Crippen LogP contribution in [0, 0.1) is 0 Å². The van der Waals surface area contributed by atoms with Crippen molar-refractivity contribution in [2.75, 3.05) is 5.75 Å².